The summed E-state index contributed by atoms with van der Waals surface area (Å²) >= 11 is 0. The molecule has 202 valence electrons. The lowest BCUT2D eigenvalue weighted by Crippen LogP contribution is -2.06. The molecule has 39 heavy (non-hydrogen) atoms. The zero-order chi connectivity index (χ0) is 27.6. The van der Waals surface area contributed by atoms with E-state index in [2.05, 4.69) is 137 Å². The molecule has 0 nitrogen and oxygen atoms in total. The van der Waals surface area contributed by atoms with Crippen LogP contribution in [0.3, 0.4) is 0 Å². The van der Waals surface area contributed by atoms with Gasteiger partial charge in [0.25, 0.3) is 0 Å². The van der Waals surface area contributed by atoms with Crippen molar-refractivity contribution in [1.82, 2.24) is 0 Å². The van der Waals surface area contributed by atoms with Crippen molar-refractivity contribution in [2.24, 2.45) is 11.8 Å². The average Bonchev–Trinajstić information content (AvgIpc) is 3.21. The van der Waals surface area contributed by atoms with E-state index in [1.807, 2.05) is 6.08 Å². The minimum atomic E-state index is 0.244. The highest BCUT2D eigenvalue weighted by Crippen LogP contribution is 2.32. The number of rotatable bonds is 12. The van der Waals surface area contributed by atoms with Crippen LogP contribution in [0.5, 0.6) is 0 Å². The molecule has 0 N–H and O–H groups in total. The van der Waals surface area contributed by atoms with Crippen molar-refractivity contribution in [2.45, 2.75) is 71.6 Å². The Hall–Kier alpha value is -3.38. The average molecular weight is 515 g/mol. The largest absolute Gasteiger partial charge is 0.0991 e. The first kappa shape index (κ1) is 28.6. The van der Waals surface area contributed by atoms with Gasteiger partial charge < -0.3 is 0 Å². The highest BCUT2D eigenvalue weighted by Gasteiger charge is 2.17. The summed E-state index contributed by atoms with van der Waals surface area (Å²) in [5, 5.41) is 0. The molecule has 0 aliphatic heterocycles. The molecule has 0 heteroatoms. The molecule has 4 unspecified atom stereocenters. The molecule has 0 spiro atoms. The second kappa shape index (κ2) is 14.1. The smallest absolute Gasteiger partial charge is 0.0272 e. The second-order valence-electron chi connectivity index (χ2n) is 11.4. The second-order valence-corrected chi connectivity index (χ2v) is 11.4. The Labute approximate surface area is 238 Å². The lowest BCUT2D eigenvalue weighted by atomic mass is 9.84. The lowest BCUT2D eigenvalue weighted by Gasteiger charge is -2.21. The molecule has 0 radical (unpaired) electrons. The van der Waals surface area contributed by atoms with E-state index in [0.717, 1.165) is 6.42 Å². The first-order valence-corrected chi connectivity index (χ1v) is 14.9. The maximum Gasteiger partial charge on any atom is 0.0272 e. The molecule has 0 aromatic heterocycles. The van der Waals surface area contributed by atoms with Crippen molar-refractivity contribution < 1.29 is 0 Å². The van der Waals surface area contributed by atoms with Crippen molar-refractivity contribution >= 4 is 0 Å². The summed E-state index contributed by atoms with van der Waals surface area (Å²) in [6, 6.07) is 16.4. The zero-order valence-electron chi connectivity index (χ0n) is 24.4. The van der Waals surface area contributed by atoms with Crippen molar-refractivity contribution in [1.29, 1.82) is 0 Å². The van der Waals surface area contributed by atoms with Gasteiger partial charge in [-0.3, -0.25) is 0 Å². The van der Waals surface area contributed by atoms with E-state index in [9.17, 15) is 0 Å². The fourth-order valence-corrected chi connectivity index (χ4v) is 5.85. The number of hydrogen-bond acceptors (Lipinski definition) is 0. The Kier molecular flexibility index (Phi) is 10.4. The maximum atomic E-state index is 3.90. The number of benzene rings is 2. The van der Waals surface area contributed by atoms with Gasteiger partial charge in [0.1, 0.15) is 0 Å². The van der Waals surface area contributed by atoms with Crippen molar-refractivity contribution in [3.8, 4) is 0 Å². The molecule has 0 saturated carbocycles. The molecular formula is C39H46. The van der Waals surface area contributed by atoms with E-state index in [-0.39, 0.29) is 5.92 Å². The number of allylic oxidation sites excluding steroid dienone is 13. The molecule has 2 aliphatic carbocycles. The zero-order valence-corrected chi connectivity index (χ0v) is 24.4. The van der Waals surface area contributed by atoms with Gasteiger partial charge >= 0.3 is 0 Å². The Balaban J connectivity index is 1.33. The number of hydrogen-bond donors (Lipinski definition) is 0. The van der Waals surface area contributed by atoms with Crippen LogP contribution in [0.1, 0.15) is 86.1 Å². The summed E-state index contributed by atoms with van der Waals surface area (Å²) in [6.07, 6.45) is 30.3. The monoisotopic (exact) mass is 514 g/mol. The maximum absolute atomic E-state index is 3.90. The summed E-state index contributed by atoms with van der Waals surface area (Å²) < 4.78 is 0. The molecule has 0 bridgehead atoms. The summed E-state index contributed by atoms with van der Waals surface area (Å²) in [5.41, 5.74) is 9.86. The van der Waals surface area contributed by atoms with Crippen molar-refractivity contribution in [2.75, 3.05) is 0 Å². The van der Waals surface area contributed by atoms with Gasteiger partial charge in [0.2, 0.25) is 0 Å². The quantitative estimate of drug-likeness (QED) is 0.195. The SMILES string of the molecule is C=CC=CC(c1ccc(CCCCC(C)C2=CC3C=CC=CC=C3C=C2)cc1)c1ccc(C(C)CC)c(C)c1. The van der Waals surface area contributed by atoms with Crippen LogP contribution in [0.2, 0.25) is 0 Å². The molecule has 4 atom stereocenters. The Morgan fingerprint density at radius 1 is 0.897 bits per heavy atom. The third-order valence-electron chi connectivity index (χ3n) is 8.55. The van der Waals surface area contributed by atoms with Gasteiger partial charge in [-0.1, -0.05) is 143 Å². The molecular weight excluding hydrogens is 468 g/mol. The van der Waals surface area contributed by atoms with Crippen molar-refractivity contribution in [3.63, 3.8) is 0 Å². The molecule has 0 saturated heterocycles. The molecule has 2 aromatic carbocycles. The standard InChI is InChI=1S/C39H46/c1-6-8-18-39(37-25-26-38(29(3)7-2)31(5)27-37)34-21-19-32(20-22-34)15-13-12-14-30(4)35-24-23-33-16-10-9-11-17-36(33)28-35/h6,8-11,16-30,36,39H,1,7,12-15H2,2-5H3. The molecule has 0 amide bonds. The summed E-state index contributed by atoms with van der Waals surface area (Å²) in [4.78, 5) is 0. The van der Waals surface area contributed by atoms with E-state index in [1.165, 1.54) is 64.6 Å². The van der Waals surface area contributed by atoms with Crippen LogP contribution in [-0.2, 0) is 6.42 Å². The van der Waals surface area contributed by atoms with Crippen LogP contribution in [0.25, 0.3) is 0 Å². The molecule has 0 heterocycles. The van der Waals surface area contributed by atoms with Crippen LogP contribution < -0.4 is 0 Å². The van der Waals surface area contributed by atoms with E-state index in [0.29, 0.717) is 17.8 Å². The molecule has 0 fully saturated rings. The first-order chi connectivity index (χ1) is 19.0. The van der Waals surface area contributed by atoms with E-state index in [4.69, 9.17) is 0 Å². The van der Waals surface area contributed by atoms with Crippen LogP contribution >= 0.6 is 0 Å². The lowest BCUT2D eigenvalue weighted by molar-refractivity contribution is 0.562. The Bertz CT molecular complexity index is 1290. The minimum Gasteiger partial charge on any atom is -0.0991 e. The molecule has 2 aliphatic rings. The van der Waals surface area contributed by atoms with Crippen LogP contribution in [0.4, 0.5) is 0 Å². The summed E-state index contributed by atoms with van der Waals surface area (Å²) in [5.74, 6) is 1.87. The highest BCUT2D eigenvalue weighted by atomic mass is 14.2. The van der Waals surface area contributed by atoms with Crippen LogP contribution in [-0.4, -0.2) is 0 Å². The van der Waals surface area contributed by atoms with E-state index in [1.54, 1.807) is 0 Å². The summed E-state index contributed by atoms with van der Waals surface area (Å²) in [7, 11) is 0. The fourth-order valence-electron chi connectivity index (χ4n) is 5.85. The van der Waals surface area contributed by atoms with Gasteiger partial charge in [0.15, 0.2) is 0 Å². The predicted molar refractivity (Wildman–Crippen MR) is 171 cm³/mol. The number of fused-ring (bicyclic) bond motifs is 1. The third kappa shape index (κ3) is 7.60. The van der Waals surface area contributed by atoms with Crippen LogP contribution in [0, 0.1) is 18.8 Å². The molecule has 4 rings (SSSR count). The third-order valence-corrected chi connectivity index (χ3v) is 8.55. The van der Waals surface area contributed by atoms with Gasteiger partial charge in [-0.05, 0) is 83.4 Å². The summed E-state index contributed by atoms with van der Waals surface area (Å²) in [6.45, 7) is 13.1. The topological polar surface area (TPSA) is 0 Å². The fraction of sp³-hybridized carbons (Fsp3) is 0.333. The Morgan fingerprint density at radius 3 is 2.44 bits per heavy atom. The number of aryl methyl sites for hydroxylation is 2. The van der Waals surface area contributed by atoms with E-state index < -0.39 is 0 Å². The molecule has 2 aromatic rings. The van der Waals surface area contributed by atoms with Gasteiger partial charge in [-0.25, -0.2) is 0 Å². The normalized spacial score (nSPS) is 18.7. The predicted octanol–water partition coefficient (Wildman–Crippen LogP) is 10.9. The Morgan fingerprint density at radius 2 is 1.69 bits per heavy atom. The van der Waals surface area contributed by atoms with Gasteiger partial charge in [-0.15, -0.1) is 0 Å². The highest BCUT2D eigenvalue weighted by molar-refractivity contribution is 5.45. The van der Waals surface area contributed by atoms with Crippen molar-refractivity contribution in [3.05, 3.63) is 155 Å². The van der Waals surface area contributed by atoms with Crippen LogP contribution in [0.15, 0.2) is 127 Å². The van der Waals surface area contributed by atoms with Gasteiger partial charge in [0, 0.05) is 11.8 Å². The minimum absolute atomic E-state index is 0.244. The number of unbranched alkanes of at least 4 members (excludes halogenated alkanes) is 1. The first-order valence-electron chi connectivity index (χ1n) is 14.9. The van der Waals surface area contributed by atoms with Gasteiger partial charge in [-0.2, -0.15) is 0 Å². The van der Waals surface area contributed by atoms with E-state index >= 15 is 0 Å². The van der Waals surface area contributed by atoms with Gasteiger partial charge in [0.05, 0.1) is 0 Å².